The number of aromatic nitrogens is 2. The molecule has 0 fully saturated rings. The molecule has 0 amide bonds. The molecule has 3 nitrogen and oxygen atoms in total. The summed E-state index contributed by atoms with van der Waals surface area (Å²) in [6, 6.07) is 2.18. The summed E-state index contributed by atoms with van der Waals surface area (Å²) in [4.78, 5) is 4.48. The molecule has 0 radical (unpaired) electrons. The number of nitrogens with zero attached hydrogens (tertiary/aromatic N) is 3. The zero-order chi connectivity index (χ0) is 9.26. The second kappa shape index (κ2) is 3.21. The standard InChI is InChI=1S/C10H13N3/c1-8-12-9-4-2-3-5-10(9)13(8)7-6-11/h2-5,7H2,1H3. The lowest BCUT2D eigenvalue weighted by Gasteiger charge is -2.12. The van der Waals surface area contributed by atoms with Gasteiger partial charge in [-0.2, -0.15) is 5.26 Å². The maximum absolute atomic E-state index is 8.67. The van der Waals surface area contributed by atoms with Gasteiger partial charge >= 0.3 is 0 Å². The van der Waals surface area contributed by atoms with Gasteiger partial charge in [-0.3, -0.25) is 0 Å². The van der Waals surface area contributed by atoms with Crippen molar-refractivity contribution in [1.29, 1.82) is 5.26 Å². The van der Waals surface area contributed by atoms with E-state index in [0.717, 1.165) is 18.7 Å². The Morgan fingerprint density at radius 1 is 1.46 bits per heavy atom. The topological polar surface area (TPSA) is 41.6 Å². The van der Waals surface area contributed by atoms with Crippen molar-refractivity contribution in [3.05, 3.63) is 17.2 Å². The molecule has 0 unspecified atom stereocenters. The van der Waals surface area contributed by atoms with Crippen LogP contribution in [0.4, 0.5) is 0 Å². The Hall–Kier alpha value is -1.30. The average Bonchev–Trinajstić information content (AvgIpc) is 2.44. The molecule has 3 heteroatoms. The zero-order valence-corrected chi connectivity index (χ0v) is 7.88. The van der Waals surface area contributed by atoms with E-state index in [1.165, 1.54) is 24.2 Å². The fraction of sp³-hybridized carbons (Fsp3) is 0.600. The molecule has 1 aromatic heterocycles. The van der Waals surface area contributed by atoms with Crippen LogP contribution in [0, 0.1) is 18.3 Å². The van der Waals surface area contributed by atoms with E-state index >= 15 is 0 Å². The highest BCUT2D eigenvalue weighted by atomic mass is 15.1. The van der Waals surface area contributed by atoms with E-state index in [0.29, 0.717) is 6.54 Å². The van der Waals surface area contributed by atoms with E-state index in [1.807, 2.05) is 6.92 Å². The molecule has 0 spiro atoms. The van der Waals surface area contributed by atoms with Gasteiger partial charge in [0.25, 0.3) is 0 Å². The minimum Gasteiger partial charge on any atom is -0.318 e. The largest absolute Gasteiger partial charge is 0.318 e. The Morgan fingerprint density at radius 2 is 2.23 bits per heavy atom. The van der Waals surface area contributed by atoms with Gasteiger partial charge in [-0.25, -0.2) is 4.98 Å². The van der Waals surface area contributed by atoms with Crippen LogP contribution in [-0.4, -0.2) is 9.55 Å². The monoisotopic (exact) mass is 175 g/mol. The van der Waals surface area contributed by atoms with E-state index in [4.69, 9.17) is 5.26 Å². The number of fused-ring (bicyclic) bond motifs is 1. The third kappa shape index (κ3) is 1.33. The first-order valence-corrected chi connectivity index (χ1v) is 4.74. The van der Waals surface area contributed by atoms with Crippen molar-refractivity contribution in [1.82, 2.24) is 9.55 Å². The maximum Gasteiger partial charge on any atom is 0.111 e. The summed E-state index contributed by atoms with van der Waals surface area (Å²) in [5, 5.41) is 8.67. The Kier molecular flexibility index (Phi) is 2.05. The number of rotatable bonds is 1. The molecule has 1 aromatic rings. The quantitative estimate of drug-likeness (QED) is 0.650. The number of hydrogen-bond donors (Lipinski definition) is 0. The molecule has 13 heavy (non-hydrogen) atoms. The minimum atomic E-state index is 0.453. The summed E-state index contributed by atoms with van der Waals surface area (Å²) >= 11 is 0. The minimum absolute atomic E-state index is 0.453. The van der Waals surface area contributed by atoms with Crippen molar-refractivity contribution in [2.75, 3.05) is 0 Å². The van der Waals surface area contributed by atoms with E-state index in [2.05, 4.69) is 15.6 Å². The summed E-state index contributed by atoms with van der Waals surface area (Å²) in [7, 11) is 0. The molecular formula is C10H13N3. The van der Waals surface area contributed by atoms with Crippen LogP contribution in [0.25, 0.3) is 0 Å². The molecule has 0 aromatic carbocycles. The molecule has 0 saturated carbocycles. The van der Waals surface area contributed by atoms with Crippen LogP contribution in [0.15, 0.2) is 0 Å². The fourth-order valence-electron chi connectivity index (χ4n) is 2.02. The van der Waals surface area contributed by atoms with Gasteiger partial charge in [0.15, 0.2) is 0 Å². The van der Waals surface area contributed by atoms with Crippen LogP contribution in [0.3, 0.4) is 0 Å². The van der Waals surface area contributed by atoms with E-state index < -0.39 is 0 Å². The highest BCUT2D eigenvalue weighted by molar-refractivity contribution is 5.20. The SMILES string of the molecule is Cc1nc2c(n1CC#N)CCCC2. The molecule has 1 aliphatic carbocycles. The Morgan fingerprint density at radius 3 is 3.00 bits per heavy atom. The third-order valence-electron chi connectivity index (χ3n) is 2.65. The van der Waals surface area contributed by atoms with Gasteiger partial charge in [0, 0.05) is 5.69 Å². The predicted octanol–water partition coefficient (Wildman–Crippen LogP) is 1.59. The second-order valence-electron chi connectivity index (χ2n) is 3.50. The van der Waals surface area contributed by atoms with Crippen LogP contribution in [0.1, 0.15) is 30.1 Å². The number of nitriles is 1. The molecule has 0 bridgehead atoms. The Bertz CT molecular complexity index is 357. The first-order valence-electron chi connectivity index (χ1n) is 4.74. The summed E-state index contributed by atoms with van der Waals surface area (Å²) in [6.07, 6.45) is 4.67. The number of aryl methyl sites for hydroxylation is 2. The van der Waals surface area contributed by atoms with Crippen molar-refractivity contribution in [3.8, 4) is 6.07 Å². The molecule has 0 atom stereocenters. The highest BCUT2D eigenvalue weighted by Gasteiger charge is 2.17. The van der Waals surface area contributed by atoms with Crippen LogP contribution < -0.4 is 0 Å². The lowest BCUT2D eigenvalue weighted by atomic mass is 10.0. The molecule has 0 aliphatic heterocycles. The summed E-state index contributed by atoms with van der Waals surface area (Å²) in [5.74, 6) is 0.994. The average molecular weight is 175 g/mol. The van der Waals surface area contributed by atoms with Crippen molar-refractivity contribution in [2.24, 2.45) is 0 Å². The normalized spacial score (nSPS) is 15.1. The lowest BCUT2D eigenvalue weighted by Crippen LogP contribution is -2.08. The highest BCUT2D eigenvalue weighted by Crippen LogP contribution is 2.21. The molecule has 0 saturated heterocycles. The third-order valence-corrected chi connectivity index (χ3v) is 2.65. The first kappa shape index (κ1) is 8.31. The van der Waals surface area contributed by atoms with Crippen molar-refractivity contribution < 1.29 is 0 Å². The van der Waals surface area contributed by atoms with Gasteiger partial charge in [0.2, 0.25) is 0 Å². The van der Waals surface area contributed by atoms with Crippen molar-refractivity contribution in [2.45, 2.75) is 39.2 Å². The molecule has 2 rings (SSSR count). The van der Waals surface area contributed by atoms with Crippen LogP contribution in [0.5, 0.6) is 0 Å². The van der Waals surface area contributed by atoms with Gasteiger partial charge in [0.05, 0.1) is 11.8 Å². The summed E-state index contributed by atoms with van der Waals surface area (Å²) in [5.41, 5.74) is 2.52. The van der Waals surface area contributed by atoms with Crippen LogP contribution >= 0.6 is 0 Å². The van der Waals surface area contributed by atoms with E-state index in [9.17, 15) is 0 Å². The van der Waals surface area contributed by atoms with E-state index in [-0.39, 0.29) is 0 Å². The summed E-state index contributed by atoms with van der Waals surface area (Å²) < 4.78 is 2.05. The van der Waals surface area contributed by atoms with Crippen molar-refractivity contribution >= 4 is 0 Å². The van der Waals surface area contributed by atoms with E-state index in [1.54, 1.807) is 0 Å². The molecule has 1 aliphatic rings. The predicted molar refractivity (Wildman–Crippen MR) is 49.2 cm³/mol. The van der Waals surface area contributed by atoms with Gasteiger partial charge in [0.1, 0.15) is 12.4 Å². The molecule has 0 N–H and O–H groups in total. The second-order valence-corrected chi connectivity index (χ2v) is 3.50. The first-order chi connectivity index (χ1) is 6.33. The smallest absolute Gasteiger partial charge is 0.111 e. The molecular weight excluding hydrogens is 162 g/mol. The number of hydrogen-bond acceptors (Lipinski definition) is 2. The fourth-order valence-corrected chi connectivity index (χ4v) is 2.02. The van der Waals surface area contributed by atoms with Gasteiger partial charge < -0.3 is 4.57 Å². The molecule has 68 valence electrons. The maximum atomic E-state index is 8.67. The van der Waals surface area contributed by atoms with Gasteiger partial charge in [-0.1, -0.05) is 0 Å². The Balaban J connectivity index is 2.43. The summed E-state index contributed by atoms with van der Waals surface area (Å²) in [6.45, 7) is 2.43. The van der Waals surface area contributed by atoms with Gasteiger partial charge in [-0.15, -0.1) is 0 Å². The lowest BCUT2D eigenvalue weighted by molar-refractivity contribution is 0.630. The zero-order valence-electron chi connectivity index (χ0n) is 7.88. The van der Waals surface area contributed by atoms with Gasteiger partial charge in [-0.05, 0) is 32.6 Å². The van der Waals surface area contributed by atoms with Crippen LogP contribution in [0.2, 0.25) is 0 Å². The Labute approximate surface area is 78.0 Å². The van der Waals surface area contributed by atoms with Crippen molar-refractivity contribution in [3.63, 3.8) is 0 Å². The molecule has 1 heterocycles. The number of imidazole rings is 1. The van der Waals surface area contributed by atoms with Crippen LogP contribution in [-0.2, 0) is 19.4 Å².